The first-order chi connectivity index (χ1) is 9.94. The lowest BCUT2D eigenvalue weighted by Crippen LogP contribution is -2.38. The molecule has 1 N–H and O–H groups in total. The fourth-order valence-corrected chi connectivity index (χ4v) is 3.82. The summed E-state index contributed by atoms with van der Waals surface area (Å²) in [6.07, 6.45) is 1.37. The third kappa shape index (κ3) is 4.34. The molecule has 0 bridgehead atoms. The molecule has 1 saturated heterocycles. The number of carbonyl (C=O) groups is 1. The molecule has 1 aromatic carbocycles. The lowest BCUT2D eigenvalue weighted by atomic mass is 10.2. The minimum absolute atomic E-state index is 0. The van der Waals surface area contributed by atoms with Crippen molar-refractivity contribution in [3.8, 4) is 5.75 Å². The van der Waals surface area contributed by atoms with E-state index in [1.54, 1.807) is 17.0 Å². The number of hydrogen-bond donors (Lipinski definition) is 1. The first-order valence-electron chi connectivity index (χ1n) is 6.78. The van der Waals surface area contributed by atoms with Crippen LogP contribution in [0.1, 0.15) is 12.8 Å². The number of carboxylic acid groups (broad SMARTS) is 1. The molecule has 2 rings (SSSR count). The van der Waals surface area contributed by atoms with E-state index in [4.69, 9.17) is 9.84 Å². The second kappa shape index (κ2) is 7.80. The van der Waals surface area contributed by atoms with Crippen LogP contribution in [0.4, 0.5) is 0 Å². The molecule has 6 nitrogen and oxygen atoms in total. The highest BCUT2D eigenvalue weighted by atomic mass is 35.5. The molecule has 8 heteroatoms. The summed E-state index contributed by atoms with van der Waals surface area (Å²) in [5, 5.41) is 9.09. The van der Waals surface area contributed by atoms with Crippen molar-refractivity contribution in [2.45, 2.75) is 23.8 Å². The van der Waals surface area contributed by atoms with Crippen LogP contribution in [0, 0.1) is 0 Å². The molecule has 1 aromatic rings. The second-order valence-electron chi connectivity index (χ2n) is 5.03. The highest BCUT2D eigenvalue weighted by molar-refractivity contribution is 7.91. The van der Waals surface area contributed by atoms with E-state index < -0.39 is 21.8 Å². The van der Waals surface area contributed by atoms with Gasteiger partial charge in [0.1, 0.15) is 11.8 Å². The molecule has 1 heterocycles. The standard InChI is InChI=1S/C14H19NO5S.ClH/c1-20-11-4-2-5-12(10-11)21(18,19)9-8-15-7-3-6-13(15)14(16)17;/h2,4-5,10,13H,3,6-9H2,1H3,(H,16,17);1H. The zero-order valence-corrected chi connectivity index (χ0v) is 13.9. The summed E-state index contributed by atoms with van der Waals surface area (Å²) in [7, 11) is -1.96. The molecule has 124 valence electrons. The Labute approximate surface area is 136 Å². The molecule has 0 saturated carbocycles. The Kier molecular flexibility index (Phi) is 6.65. The molecule has 1 unspecified atom stereocenters. The Morgan fingerprint density at radius 3 is 2.82 bits per heavy atom. The average Bonchev–Trinajstić information content (AvgIpc) is 2.94. The van der Waals surface area contributed by atoms with Crippen LogP contribution in [0.15, 0.2) is 29.2 Å². The molecule has 0 aliphatic carbocycles. The SMILES string of the molecule is COc1cccc(S(=O)(=O)CCN2CCCC2C(=O)O)c1.Cl. The van der Waals surface area contributed by atoms with Gasteiger partial charge in [0.2, 0.25) is 0 Å². The van der Waals surface area contributed by atoms with Gasteiger partial charge in [0.15, 0.2) is 9.84 Å². The van der Waals surface area contributed by atoms with Crippen molar-refractivity contribution in [2.24, 2.45) is 0 Å². The molecule has 1 atom stereocenters. The van der Waals surface area contributed by atoms with E-state index >= 15 is 0 Å². The predicted molar refractivity (Wildman–Crippen MR) is 84.5 cm³/mol. The minimum atomic E-state index is -3.44. The summed E-state index contributed by atoms with van der Waals surface area (Å²) in [5.41, 5.74) is 0. The molecule has 1 fully saturated rings. The van der Waals surface area contributed by atoms with Crippen molar-refractivity contribution in [2.75, 3.05) is 26.0 Å². The van der Waals surface area contributed by atoms with E-state index in [0.717, 1.165) is 6.42 Å². The summed E-state index contributed by atoms with van der Waals surface area (Å²) < 4.78 is 29.6. The van der Waals surface area contributed by atoms with Crippen LogP contribution in [-0.4, -0.2) is 56.4 Å². The number of rotatable bonds is 6. The maximum Gasteiger partial charge on any atom is 0.320 e. The lowest BCUT2D eigenvalue weighted by molar-refractivity contribution is -0.142. The van der Waals surface area contributed by atoms with Gasteiger partial charge in [-0.15, -0.1) is 12.4 Å². The Hall–Kier alpha value is -1.31. The van der Waals surface area contributed by atoms with Gasteiger partial charge >= 0.3 is 5.97 Å². The van der Waals surface area contributed by atoms with E-state index in [-0.39, 0.29) is 29.6 Å². The quantitative estimate of drug-likeness (QED) is 0.836. The Balaban J connectivity index is 0.00000242. The molecule has 22 heavy (non-hydrogen) atoms. The van der Waals surface area contributed by atoms with Crippen LogP contribution >= 0.6 is 12.4 Å². The summed E-state index contributed by atoms with van der Waals surface area (Å²) in [6, 6.07) is 5.75. The number of benzene rings is 1. The third-order valence-electron chi connectivity index (χ3n) is 3.70. The van der Waals surface area contributed by atoms with Crippen molar-refractivity contribution >= 4 is 28.2 Å². The largest absolute Gasteiger partial charge is 0.497 e. The normalized spacial score (nSPS) is 18.7. The second-order valence-corrected chi connectivity index (χ2v) is 7.14. The number of nitrogens with zero attached hydrogens (tertiary/aromatic N) is 1. The zero-order valence-electron chi connectivity index (χ0n) is 12.3. The van der Waals surface area contributed by atoms with Crippen LogP contribution in [-0.2, 0) is 14.6 Å². The summed E-state index contributed by atoms with van der Waals surface area (Å²) in [5.74, 6) is -0.490. The van der Waals surface area contributed by atoms with Gasteiger partial charge in [-0.2, -0.15) is 0 Å². The number of sulfone groups is 1. The molecule has 1 aliphatic heterocycles. The topological polar surface area (TPSA) is 83.9 Å². The number of aliphatic carboxylic acids is 1. The van der Waals surface area contributed by atoms with Gasteiger partial charge in [-0.3, -0.25) is 9.69 Å². The minimum Gasteiger partial charge on any atom is -0.497 e. The monoisotopic (exact) mass is 349 g/mol. The Morgan fingerprint density at radius 2 is 2.18 bits per heavy atom. The Morgan fingerprint density at radius 1 is 1.45 bits per heavy atom. The van der Waals surface area contributed by atoms with Crippen LogP contribution in [0.2, 0.25) is 0 Å². The number of methoxy groups -OCH3 is 1. The molecular formula is C14H20ClNO5S. The molecule has 0 spiro atoms. The number of hydrogen-bond acceptors (Lipinski definition) is 5. The van der Waals surface area contributed by atoms with Gasteiger partial charge in [-0.05, 0) is 37.6 Å². The highest BCUT2D eigenvalue weighted by Crippen LogP contribution is 2.21. The average molecular weight is 350 g/mol. The number of ether oxygens (including phenoxy) is 1. The fraction of sp³-hybridized carbons (Fsp3) is 0.500. The van der Waals surface area contributed by atoms with Crippen molar-refractivity contribution in [1.29, 1.82) is 0 Å². The van der Waals surface area contributed by atoms with E-state index in [2.05, 4.69) is 0 Å². The smallest absolute Gasteiger partial charge is 0.320 e. The number of carboxylic acids is 1. The summed E-state index contributed by atoms with van der Waals surface area (Å²) >= 11 is 0. The maximum atomic E-state index is 12.3. The zero-order chi connectivity index (χ0) is 15.5. The van der Waals surface area contributed by atoms with Crippen molar-refractivity contribution in [3.05, 3.63) is 24.3 Å². The van der Waals surface area contributed by atoms with E-state index in [1.165, 1.54) is 19.2 Å². The van der Waals surface area contributed by atoms with Gasteiger partial charge in [-0.1, -0.05) is 6.07 Å². The van der Waals surface area contributed by atoms with Gasteiger partial charge in [-0.25, -0.2) is 8.42 Å². The first kappa shape index (κ1) is 18.7. The highest BCUT2D eigenvalue weighted by Gasteiger charge is 2.31. The molecule has 1 aliphatic rings. The van der Waals surface area contributed by atoms with Gasteiger partial charge < -0.3 is 9.84 Å². The summed E-state index contributed by atoms with van der Waals surface area (Å²) in [6.45, 7) is 0.862. The molecule has 0 aromatic heterocycles. The van der Waals surface area contributed by atoms with E-state index in [1.807, 2.05) is 0 Å². The van der Waals surface area contributed by atoms with Crippen molar-refractivity contribution < 1.29 is 23.1 Å². The lowest BCUT2D eigenvalue weighted by Gasteiger charge is -2.20. The van der Waals surface area contributed by atoms with Gasteiger partial charge in [0.25, 0.3) is 0 Å². The molecule has 0 radical (unpaired) electrons. The number of likely N-dealkylation sites (tertiary alicyclic amines) is 1. The van der Waals surface area contributed by atoms with Crippen LogP contribution < -0.4 is 4.74 Å². The van der Waals surface area contributed by atoms with E-state index in [9.17, 15) is 13.2 Å². The van der Waals surface area contributed by atoms with Gasteiger partial charge in [0.05, 0.1) is 17.8 Å². The maximum absolute atomic E-state index is 12.3. The third-order valence-corrected chi connectivity index (χ3v) is 5.39. The van der Waals surface area contributed by atoms with Crippen molar-refractivity contribution in [3.63, 3.8) is 0 Å². The van der Waals surface area contributed by atoms with Crippen molar-refractivity contribution in [1.82, 2.24) is 4.90 Å². The van der Waals surface area contributed by atoms with Crippen LogP contribution in [0.5, 0.6) is 5.75 Å². The first-order valence-corrected chi connectivity index (χ1v) is 8.43. The molecule has 0 amide bonds. The fourth-order valence-electron chi connectivity index (χ4n) is 2.52. The Bertz CT molecular complexity index is 619. The van der Waals surface area contributed by atoms with E-state index in [0.29, 0.717) is 18.7 Å². The van der Waals surface area contributed by atoms with Gasteiger partial charge in [0, 0.05) is 6.54 Å². The van der Waals surface area contributed by atoms with Crippen LogP contribution in [0.25, 0.3) is 0 Å². The van der Waals surface area contributed by atoms with Crippen LogP contribution in [0.3, 0.4) is 0 Å². The summed E-state index contributed by atoms with van der Waals surface area (Å²) in [4.78, 5) is 13.0. The molecular weight excluding hydrogens is 330 g/mol. The number of halogens is 1. The predicted octanol–water partition coefficient (Wildman–Crippen LogP) is 1.44.